The van der Waals surface area contributed by atoms with Crippen LogP contribution in [-0.2, 0) is 44.8 Å². The summed E-state index contributed by atoms with van der Waals surface area (Å²) < 4.78 is 0. The van der Waals surface area contributed by atoms with E-state index in [-0.39, 0.29) is 37.4 Å². The van der Waals surface area contributed by atoms with Gasteiger partial charge in [0.05, 0.1) is 12.1 Å². The number of benzene rings is 1. The number of nitrogens with one attached hydrogen (secondary N) is 5. The monoisotopic (exact) mass is 843 g/mol. The number of carbonyl (C=O) groups excluding carboxylic acids is 8. The summed E-state index contributed by atoms with van der Waals surface area (Å²) in [4.78, 5) is 108. The summed E-state index contributed by atoms with van der Waals surface area (Å²) in [7, 11) is 2.84. The van der Waals surface area contributed by atoms with Crippen LogP contribution in [0.4, 0.5) is 0 Å². The molecule has 0 aliphatic heterocycles. The highest BCUT2D eigenvalue weighted by atomic mass is 16.3. The summed E-state index contributed by atoms with van der Waals surface area (Å²) in [6.07, 6.45) is 6.30. The number of nitrogens with two attached hydrogens (primary N) is 2. The number of ketones is 2. The fourth-order valence-corrected chi connectivity index (χ4v) is 7.53. The Morgan fingerprint density at radius 3 is 1.95 bits per heavy atom. The predicted octanol–water partition coefficient (Wildman–Crippen LogP) is 0.186. The molecular weight excluding hydrogens is 773 g/mol. The van der Waals surface area contributed by atoms with Crippen LogP contribution in [0, 0.1) is 11.8 Å². The molecule has 1 saturated carbocycles. The number of rotatable bonds is 27. The molecule has 0 saturated heterocycles. The van der Waals surface area contributed by atoms with E-state index in [0.717, 1.165) is 42.6 Å². The van der Waals surface area contributed by atoms with Gasteiger partial charge in [0.1, 0.15) is 30.8 Å². The summed E-state index contributed by atoms with van der Waals surface area (Å²) in [6.45, 7) is 5.81. The highest BCUT2D eigenvalue weighted by Gasteiger charge is 2.49. The SMILES string of the molecule is CN[C@@H](Cc1ccccc1)C(=O)N[C@@H](CCCCN)C(=O)N[C@@H](C)C(=O)N[C@@H](C)C(=O)N[C@@H](CC(C)C)C(=O)N(C)[C@](C=O)(CC(=O)CO)C(=O)[C@@H](N)CC1CCCCC1. The molecule has 7 atom stereocenters. The van der Waals surface area contributed by atoms with E-state index in [4.69, 9.17) is 11.5 Å². The topological polar surface area (TPSA) is 272 Å². The Hall–Kier alpha value is -4.58. The predicted molar refractivity (Wildman–Crippen MR) is 227 cm³/mol. The van der Waals surface area contributed by atoms with Crippen molar-refractivity contribution in [2.45, 2.75) is 147 Å². The first-order valence-corrected chi connectivity index (χ1v) is 21.2. The van der Waals surface area contributed by atoms with Crippen LogP contribution in [-0.4, -0.2) is 126 Å². The normalized spacial score (nSPS) is 17.1. The van der Waals surface area contributed by atoms with E-state index in [0.29, 0.717) is 25.8 Å². The van der Waals surface area contributed by atoms with Gasteiger partial charge in [0, 0.05) is 13.5 Å². The molecule has 1 aromatic carbocycles. The molecule has 0 spiro atoms. The van der Waals surface area contributed by atoms with E-state index >= 15 is 0 Å². The molecule has 1 aliphatic rings. The van der Waals surface area contributed by atoms with E-state index in [1.54, 1.807) is 20.9 Å². The maximum atomic E-state index is 14.2. The van der Waals surface area contributed by atoms with E-state index in [1.807, 2.05) is 30.3 Å². The number of aliphatic hydroxyl groups is 1. The average Bonchev–Trinajstić information content (AvgIpc) is 3.23. The standard InChI is InChI=1S/C43H70N8O9/c1-27(2)21-36(42(60)51(6)43(26-53,24-32(54)25-52)37(55)33(45)22-30-15-9-7-10-16-30)50-39(57)29(4)47-38(56)28(3)48-40(58)34(19-13-14-20-44)49-41(59)35(46-5)23-31-17-11-8-12-18-31/h8,11-12,17-18,26-30,33-36,46,52H,7,9-10,13-16,19-25,44-45H2,1-6H3,(H,47,56)(H,48,58)(H,49,59)(H,50,57)/t28-,29-,33-,34-,35-,36-,43-/m0/s1. The minimum absolute atomic E-state index is 0.0598. The first-order valence-electron chi connectivity index (χ1n) is 21.2. The van der Waals surface area contributed by atoms with E-state index in [1.165, 1.54) is 20.9 Å². The lowest BCUT2D eigenvalue weighted by atomic mass is 9.78. The molecule has 17 heteroatoms. The average molecular weight is 843 g/mol. The summed E-state index contributed by atoms with van der Waals surface area (Å²) in [6, 6.07) is 2.94. The third-order valence-electron chi connectivity index (χ3n) is 11.2. The molecule has 17 nitrogen and oxygen atoms in total. The highest BCUT2D eigenvalue weighted by Crippen LogP contribution is 2.30. The molecule has 5 amide bonds. The Balaban J connectivity index is 2.19. The first kappa shape index (κ1) is 51.6. The van der Waals surface area contributed by atoms with Gasteiger partial charge in [-0.05, 0) is 83.4 Å². The molecule has 2 rings (SSSR count). The van der Waals surface area contributed by atoms with Crippen LogP contribution in [0.2, 0.25) is 0 Å². The second-order valence-corrected chi connectivity index (χ2v) is 16.6. The molecule has 60 heavy (non-hydrogen) atoms. The lowest BCUT2D eigenvalue weighted by Crippen LogP contribution is -2.65. The molecule has 0 heterocycles. The molecule has 10 N–H and O–H groups in total. The van der Waals surface area contributed by atoms with Gasteiger partial charge < -0.3 is 52.9 Å². The molecule has 0 radical (unpaired) electrons. The maximum Gasteiger partial charge on any atom is 0.246 e. The third-order valence-corrected chi connectivity index (χ3v) is 11.2. The maximum absolute atomic E-state index is 14.2. The van der Waals surface area contributed by atoms with Gasteiger partial charge in [-0.3, -0.25) is 33.6 Å². The Labute approximate surface area is 354 Å². The van der Waals surface area contributed by atoms with E-state index in [9.17, 15) is 43.5 Å². The molecule has 336 valence electrons. The van der Waals surface area contributed by atoms with Crippen LogP contribution in [0.15, 0.2) is 30.3 Å². The molecule has 0 bridgehead atoms. The molecular formula is C43H70N8O9. The van der Waals surface area contributed by atoms with Gasteiger partial charge in [-0.25, -0.2) is 0 Å². The fourth-order valence-electron chi connectivity index (χ4n) is 7.53. The van der Waals surface area contributed by atoms with Crippen molar-refractivity contribution in [1.82, 2.24) is 31.5 Å². The van der Waals surface area contributed by atoms with Crippen molar-refractivity contribution < 1.29 is 43.5 Å². The van der Waals surface area contributed by atoms with E-state index < -0.39 is 95.9 Å². The van der Waals surface area contributed by atoms with Gasteiger partial charge in [0.2, 0.25) is 29.5 Å². The van der Waals surface area contributed by atoms with Crippen molar-refractivity contribution in [2.24, 2.45) is 23.3 Å². The lowest BCUT2D eigenvalue weighted by molar-refractivity contribution is -0.153. The second-order valence-electron chi connectivity index (χ2n) is 16.6. The zero-order valence-corrected chi connectivity index (χ0v) is 36.3. The number of carbonyl (C=O) groups is 8. The van der Waals surface area contributed by atoms with Crippen LogP contribution in [0.1, 0.15) is 104 Å². The lowest BCUT2D eigenvalue weighted by Gasteiger charge is -2.40. The number of nitrogens with zero attached hydrogens (tertiary/aromatic N) is 1. The van der Waals surface area contributed by atoms with Crippen LogP contribution in [0.3, 0.4) is 0 Å². The molecule has 1 aliphatic carbocycles. The minimum Gasteiger partial charge on any atom is -0.389 e. The highest BCUT2D eigenvalue weighted by molar-refractivity contribution is 6.11. The zero-order valence-electron chi connectivity index (χ0n) is 36.3. The summed E-state index contributed by atoms with van der Waals surface area (Å²) >= 11 is 0. The zero-order chi connectivity index (χ0) is 45.0. The van der Waals surface area contributed by atoms with Crippen molar-refractivity contribution in [2.75, 3.05) is 27.2 Å². The number of aliphatic hydroxyl groups excluding tert-OH is 1. The van der Waals surface area contributed by atoms with Gasteiger partial charge in [0.25, 0.3) is 0 Å². The summed E-state index contributed by atoms with van der Waals surface area (Å²) in [5, 5.41) is 23.2. The van der Waals surface area contributed by atoms with Crippen LogP contribution in [0.25, 0.3) is 0 Å². The van der Waals surface area contributed by atoms with Crippen molar-refractivity contribution in [3.8, 4) is 0 Å². The Kier molecular flexibility index (Phi) is 22.3. The number of amides is 5. The Morgan fingerprint density at radius 2 is 1.40 bits per heavy atom. The first-order chi connectivity index (χ1) is 28.4. The number of hydrogen-bond donors (Lipinski definition) is 8. The smallest absolute Gasteiger partial charge is 0.246 e. The van der Waals surface area contributed by atoms with Crippen molar-refractivity contribution in [3.05, 3.63) is 35.9 Å². The molecule has 1 fully saturated rings. The van der Waals surface area contributed by atoms with E-state index in [2.05, 4.69) is 26.6 Å². The van der Waals surface area contributed by atoms with Gasteiger partial charge >= 0.3 is 0 Å². The number of hydrogen-bond acceptors (Lipinski definition) is 12. The van der Waals surface area contributed by atoms with Gasteiger partial charge in [-0.2, -0.15) is 0 Å². The van der Waals surface area contributed by atoms with Gasteiger partial charge in [-0.1, -0.05) is 76.3 Å². The van der Waals surface area contributed by atoms with Crippen LogP contribution < -0.4 is 38.1 Å². The van der Waals surface area contributed by atoms with Crippen molar-refractivity contribution in [3.63, 3.8) is 0 Å². The Bertz CT molecular complexity index is 1590. The minimum atomic E-state index is -2.34. The van der Waals surface area contributed by atoms with Crippen molar-refractivity contribution >= 4 is 47.4 Å². The van der Waals surface area contributed by atoms with Crippen molar-refractivity contribution in [1.29, 1.82) is 0 Å². The number of aldehydes is 1. The van der Waals surface area contributed by atoms with Gasteiger partial charge in [-0.15, -0.1) is 0 Å². The fraction of sp³-hybridized carbons (Fsp3) is 0.674. The van der Waals surface area contributed by atoms with Crippen LogP contribution in [0.5, 0.6) is 0 Å². The third kappa shape index (κ3) is 15.8. The molecule has 1 aromatic rings. The number of Topliss-reactive ketones (excluding diaryl/α,β-unsaturated/α-hetero) is 2. The second kappa shape index (κ2) is 25.9. The molecule has 0 unspecified atom stereocenters. The number of unbranched alkanes of at least 4 members (excludes halogenated alkanes) is 1. The quantitative estimate of drug-likeness (QED) is 0.0335. The van der Waals surface area contributed by atoms with Crippen LogP contribution >= 0.6 is 0 Å². The summed E-state index contributed by atoms with van der Waals surface area (Å²) in [5.74, 6) is -5.07. The number of likely N-dealkylation sites (N-methyl/N-ethyl adjacent to an activating group) is 2. The summed E-state index contributed by atoms with van der Waals surface area (Å²) in [5.41, 5.74) is 10.6. The Morgan fingerprint density at radius 1 is 0.833 bits per heavy atom. The largest absolute Gasteiger partial charge is 0.389 e. The molecule has 0 aromatic heterocycles. The van der Waals surface area contributed by atoms with Gasteiger partial charge in [0.15, 0.2) is 23.4 Å².